The van der Waals surface area contributed by atoms with Gasteiger partial charge in [-0.25, -0.2) is 4.98 Å². The highest BCUT2D eigenvalue weighted by molar-refractivity contribution is 7.14. The summed E-state index contributed by atoms with van der Waals surface area (Å²) in [5.41, 5.74) is 3.46. The SMILES string of the molecule is Cn1ccc(C(=O)NCC(=O)Nc2nc(-c3cccc(N4CCCOCC4)c3)cs2)c1. The monoisotopic (exact) mass is 439 g/mol. The molecule has 8 nitrogen and oxygen atoms in total. The fourth-order valence-corrected chi connectivity index (χ4v) is 4.13. The minimum Gasteiger partial charge on any atom is -0.380 e. The predicted octanol–water partition coefficient (Wildman–Crippen LogP) is 2.74. The Kier molecular flexibility index (Phi) is 6.63. The van der Waals surface area contributed by atoms with Gasteiger partial charge in [-0.05, 0) is 24.6 Å². The van der Waals surface area contributed by atoms with Gasteiger partial charge in [-0.2, -0.15) is 0 Å². The lowest BCUT2D eigenvalue weighted by molar-refractivity contribution is -0.115. The number of nitrogens with zero attached hydrogens (tertiary/aromatic N) is 3. The van der Waals surface area contributed by atoms with Gasteiger partial charge in [0.2, 0.25) is 5.91 Å². The quantitative estimate of drug-likeness (QED) is 0.617. The predicted molar refractivity (Wildman–Crippen MR) is 122 cm³/mol. The zero-order valence-corrected chi connectivity index (χ0v) is 18.2. The third-order valence-corrected chi connectivity index (χ3v) is 5.74. The number of thiazole rings is 1. The molecule has 2 aromatic heterocycles. The van der Waals surface area contributed by atoms with E-state index < -0.39 is 0 Å². The summed E-state index contributed by atoms with van der Waals surface area (Å²) in [6.07, 6.45) is 4.49. The maximum atomic E-state index is 12.2. The topological polar surface area (TPSA) is 88.5 Å². The Morgan fingerprint density at radius 2 is 2.13 bits per heavy atom. The fraction of sp³-hybridized carbons (Fsp3) is 0.318. The van der Waals surface area contributed by atoms with Crippen LogP contribution in [0.3, 0.4) is 0 Å². The highest BCUT2D eigenvalue weighted by atomic mass is 32.1. The molecule has 3 aromatic rings. The van der Waals surface area contributed by atoms with Gasteiger partial charge in [0.25, 0.3) is 5.91 Å². The van der Waals surface area contributed by atoms with Crippen molar-refractivity contribution in [3.8, 4) is 11.3 Å². The van der Waals surface area contributed by atoms with Crippen LogP contribution in [0.5, 0.6) is 0 Å². The Hall–Kier alpha value is -3.17. The molecule has 0 radical (unpaired) electrons. The number of rotatable bonds is 6. The first-order valence-corrected chi connectivity index (χ1v) is 11.0. The molecular weight excluding hydrogens is 414 g/mol. The van der Waals surface area contributed by atoms with E-state index in [9.17, 15) is 9.59 Å². The summed E-state index contributed by atoms with van der Waals surface area (Å²) in [5.74, 6) is -0.602. The lowest BCUT2D eigenvalue weighted by Gasteiger charge is -2.22. The Labute approximate surface area is 184 Å². The number of nitrogens with one attached hydrogen (secondary N) is 2. The van der Waals surface area contributed by atoms with Crippen molar-refractivity contribution in [2.24, 2.45) is 7.05 Å². The highest BCUT2D eigenvalue weighted by Gasteiger charge is 2.14. The maximum absolute atomic E-state index is 12.2. The molecule has 2 amide bonds. The van der Waals surface area contributed by atoms with Crippen LogP contribution in [0.15, 0.2) is 48.1 Å². The number of benzene rings is 1. The molecule has 0 saturated carbocycles. The van der Waals surface area contributed by atoms with Gasteiger partial charge in [-0.3, -0.25) is 9.59 Å². The Morgan fingerprint density at radius 1 is 1.23 bits per heavy atom. The van der Waals surface area contributed by atoms with Crippen LogP contribution >= 0.6 is 11.3 Å². The third-order valence-electron chi connectivity index (χ3n) is 4.98. The van der Waals surface area contributed by atoms with E-state index in [2.05, 4.69) is 32.7 Å². The van der Waals surface area contributed by atoms with Gasteiger partial charge in [0.15, 0.2) is 5.13 Å². The Balaban J connectivity index is 1.35. The molecule has 1 saturated heterocycles. The molecule has 0 aliphatic carbocycles. The van der Waals surface area contributed by atoms with Crippen molar-refractivity contribution < 1.29 is 14.3 Å². The van der Waals surface area contributed by atoms with E-state index in [4.69, 9.17) is 4.74 Å². The summed E-state index contributed by atoms with van der Waals surface area (Å²) >= 11 is 1.36. The third kappa shape index (κ3) is 5.50. The molecule has 0 atom stereocenters. The van der Waals surface area contributed by atoms with Crippen molar-refractivity contribution in [3.63, 3.8) is 0 Å². The number of aryl methyl sites for hydroxylation is 1. The number of ether oxygens (including phenoxy) is 1. The standard InChI is InChI=1S/C22H25N5O3S/c1-26-8-6-17(14-26)21(29)23-13-20(28)25-22-24-19(15-31-22)16-4-2-5-18(12-16)27-7-3-10-30-11-9-27/h2,4-6,8,12,14-15H,3,7,9-11,13H2,1H3,(H,23,29)(H,24,25,28). The van der Waals surface area contributed by atoms with Crippen molar-refractivity contribution in [1.82, 2.24) is 14.9 Å². The maximum Gasteiger partial charge on any atom is 0.253 e. The number of anilines is 2. The second-order valence-electron chi connectivity index (χ2n) is 7.34. The average molecular weight is 440 g/mol. The average Bonchev–Trinajstić information content (AvgIpc) is 3.33. The number of carbonyl (C=O) groups is 2. The Bertz CT molecular complexity index is 1050. The van der Waals surface area contributed by atoms with Crippen molar-refractivity contribution in [3.05, 3.63) is 53.7 Å². The van der Waals surface area contributed by atoms with Crippen molar-refractivity contribution in [2.45, 2.75) is 6.42 Å². The molecule has 1 fully saturated rings. The highest BCUT2D eigenvalue weighted by Crippen LogP contribution is 2.28. The largest absolute Gasteiger partial charge is 0.380 e. The molecular formula is C22H25N5O3S. The van der Waals surface area contributed by atoms with E-state index >= 15 is 0 Å². The minimum absolute atomic E-state index is 0.116. The van der Waals surface area contributed by atoms with Crippen LogP contribution in [0.25, 0.3) is 11.3 Å². The molecule has 4 rings (SSSR count). The van der Waals surface area contributed by atoms with Crippen LogP contribution in [-0.4, -0.2) is 54.2 Å². The molecule has 1 aliphatic heterocycles. The summed E-state index contributed by atoms with van der Waals surface area (Å²) in [6.45, 7) is 3.26. The molecule has 3 heterocycles. The lowest BCUT2D eigenvalue weighted by atomic mass is 10.1. The number of carbonyl (C=O) groups excluding carboxylic acids is 2. The van der Waals surface area contributed by atoms with Crippen molar-refractivity contribution >= 4 is 34.0 Å². The molecule has 0 unspecified atom stereocenters. The molecule has 2 N–H and O–H groups in total. The van der Waals surface area contributed by atoms with Crippen LogP contribution in [0.2, 0.25) is 0 Å². The van der Waals surface area contributed by atoms with Gasteiger partial charge in [-0.1, -0.05) is 12.1 Å². The first-order valence-electron chi connectivity index (χ1n) is 10.2. The lowest BCUT2D eigenvalue weighted by Crippen LogP contribution is -2.32. The van der Waals surface area contributed by atoms with E-state index in [1.807, 2.05) is 24.6 Å². The molecule has 0 bridgehead atoms. The van der Waals surface area contributed by atoms with Gasteiger partial charge in [0.1, 0.15) is 0 Å². The van der Waals surface area contributed by atoms with E-state index in [0.717, 1.165) is 49.7 Å². The summed E-state index contributed by atoms with van der Waals surface area (Å²) in [4.78, 5) is 31.1. The van der Waals surface area contributed by atoms with Crippen LogP contribution in [0, 0.1) is 0 Å². The molecule has 0 spiro atoms. The smallest absolute Gasteiger partial charge is 0.253 e. The fourth-order valence-electron chi connectivity index (χ4n) is 3.39. The first kappa shape index (κ1) is 21.1. The van der Waals surface area contributed by atoms with Crippen LogP contribution in [-0.2, 0) is 16.6 Å². The molecule has 1 aliphatic rings. The normalized spacial score (nSPS) is 14.2. The second-order valence-corrected chi connectivity index (χ2v) is 8.20. The molecule has 9 heteroatoms. The van der Waals surface area contributed by atoms with Gasteiger partial charge in [-0.15, -0.1) is 11.3 Å². The number of amides is 2. The van der Waals surface area contributed by atoms with E-state index in [1.54, 1.807) is 23.0 Å². The molecule has 31 heavy (non-hydrogen) atoms. The van der Waals surface area contributed by atoms with Gasteiger partial charge in [0, 0.05) is 55.8 Å². The summed E-state index contributed by atoms with van der Waals surface area (Å²) < 4.78 is 7.32. The molecule has 1 aromatic carbocycles. The number of aromatic nitrogens is 2. The van der Waals surface area contributed by atoms with Crippen LogP contribution in [0.1, 0.15) is 16.8 Å². The van der Waals surface area contributed by atoms with E-state index in [0.29, 0.717) is 10.7 Å². The summed E-state index contributed by atoms with van der Waals surface area (Å²) in [5, 5.41) is 7.79. The summed E-state index contributed by atoms with van der Waals surface area (Å²) in [6, 6.07) is 9.95. The number of hydrogen-bond acceptors (Lipinski definition) is 6. The van der Waals surface area contributed by atoms with Gasteiger partial charge >= 0.3 is 0 Å². The van der Waals surface area contributed by atoms with Crippen LogP contribution in [0.4, 0.5) is 10.8 Å². The van der Waals surface area contributed by atoms with E-state index in [-0.39, 0.29) is 18.4 Å². The Morgan fingerprint density at radius 3 is 2.97 bits per heavy atom. The van der Waals surface area contributed by atoms with Crippen LogP contribution < -0.4 is 15.5 Å². The molecule has 162 valence electrons. The number of hydrogen-bond donors (Lipinski definition) is 2. The van der Waals surface area contributed by atoms with Gasteiger partial charge < -0.3 is 24.8 Å². The van der Waals surface area contributed by atoms with Gasteiger partial charge in [0.05, 0.1) is 24.4 Å². The second kappa shape index (κ2) is 9.76. The van der Waals surface area contributed by atoms with E-state index in [1.165, 1.54) is 11.3 Å². The zero-order valence-electron chi connectivity index (χ0n) is 17.3. The first-order chi connectivity index (χ1) is 15.1. The minimum atomic E-state index is -0.316. The summed E-state index contributed by atoms with van der Waals surface area (Å²) in [7, 11) is 1.83. The van der Waals surface area contributed by atoms with Crippen molar-refractivity contribution in [2.75, 3.05) is 43.1 Å². The zero-order chi connectivity index (χ0) is 21.6. The van der Waals surface area contributed by atoms with Crippen molar-refractivity contribution in [1.29, 1.82) is 0 Å².